The highest BCUT2D eigenvalue weighted by molar-refractivity contribution is 8.21. The van der Waals surface area contributed by atoms with Gasteiger partial charge < -0.3 is 10.6 Å². The van der Waals surface area contributed by atoms with Crippen LogP contribution in [0.1, 0.15) is 64.2 Å². The van der Waals surface area contributed by atoms with Gasteiger partial charge in [-0.1, -0.05) is 18.9 Å². The number of pyridine rings is 1. The Kier molecular flexibility index (Phi) is 7.44. The van der Waals surface area contributed by atoms with Crippen molar-refractivity contribution in [2.24, 2.45) is 35.5 Å². The molecule has 6 aliphatic rings. The second kappa shape index (κ2) is 10.7. The lowest BCUT2D eigenvalue weighted by molar-refractivity contribution is -0.123. The highest BCUT2D eigenvalue weighted by Gasteiger charge is 2.56. The minimum Gasteiger partial charge on any atom is -0.310 e. The highest BCUT2D eigenvalue weighted by Crippen LogP contribution is 2.65. The lowest BCUT2D eigenvalue weighted by Gasteiger charge is -2.52. The molecule has 5 atom stereocenters. The van der Waals surface area contributed by atoms with Crippen molar-refractivity contribution < 1.29 is 9.59 Å². The number of thioether (sulfide) groups is 4. The molecule has 0 radical (unpaired) electrons. The number of anilines is 2. The smallest absolute Gasteiger partial charge is 0.228 e. The van der Waals surface area contributed by atoms with E-state index in [-0.39, 0.29) is 23.7 Å². The van der Waals surface area contributed by atoms with E-state index in [4.69, 9.17) is 0 Å². The molecule has 7 rings (SSSR count). The van der Waals surface area contributed by atoms with Crippen LogP contribution in [-0.4, -0.2) is 48.0 Å². The van der Waals surface area contributed by atoms with Crippen LogP contribution in [0.4, 0.5) is 11.6 Å². The van der Waals surface area contributed by atoms with Gasteiger partial charge in [-0.15, -0.1) is 47.0 Å². The number of carbonyl (C=O) groups excluding carboxylic acids is 2. The van der Waals surface area contributed by atoms with E-state index in [9.17, 15) is 9.59 Å². The first-order chi connectivity index (χ1) is 18.6. The summed E-state index contributed by atoms with van der Waals surface area (Å²) in [6, 6.07) is 5.60. The van der Waals surface area contributed by atoms with Crippen molar-refractivity contribution in [3.05, 3.63) is 18.2 Å². The van der Waals surface area contributed by atoms with Gasteiger partial charge in [-0.05, 0) is 87.2 Å². The van der Waals surface area contributed by atoms with E-state index in [1.54, 1.807) is 0 Å². The fourth-order valence-electron chi connectivity index (χ4n) is 8.68. The van der Waals surface area contributed by atoms with Gasteiger partial charge in [-0.2, -0.15) is 0 Å². The van der Waals surface area contributed by atoms with E-state index < -0.39 is 0 Å². The van der Waals surface area contributed by atoms with E-state index in [0.717, 1.165) is 25.7 Å². The Balaban J connectivity index is 0.980. The Morgan fingerprint density at radius 1 is 0.658 bits per heavy atom. The van der Waals surface area contributed by atoms with Gasteiger partial charge in [-0.3, -0.25) is 9.59 Å². The average molecular weight is 590 g/mol. The average Bonchev–Trinajstić information content (AvgIpc) is 3.55. The topological polar surface area (TPSA) is 71.1 Å². The predicted molar refractivity (Wildman–Crippen MR) is 164 cm³/mol. The fraction of sp³-hybridized carbons (Fsp3) is 0.759. The monoisotopic (exact) mass is 589 g/mol. The third kappa shape index (κ3) is 4.63. The number of hydrogen-bond donors (Lipinski definition) is 2. The zero-order valence-corrected chi connectivity index (χ0v) is 25.3. The lowest BCUT2D eigenvalue weighted by atomic mass is 9.67. The van der Waals surface area contributed by atoms with Gasteiger partial charge in [0.25, 0.3) is 0 Å². The van der Waals surface area contributed by atoms with Gasteiger partial charge in [0.05, 0.1) is 8.16 Å². The maximum absolute atomic E-state index is 13.4. The Morgan fingerprint density at radius 2 is 1.03 bits per heavy atom. The van der Waals surface area contributed by atoms with Gasteiger partial charge in [0.1, 0.15) is 11.6 Å². The molecule has 3 unspecified atom stereocenters. The fourth-order valence-corrected chi connectivity index (χ4v) is 16.6. The summed E-state index contributed by atoms with van der Waals surface area (Å²) in [7, 11) is 0. The van der Waals surface area contributed by atoms with Crippen LogP contribution in [0, 0.1) is 35.5 Å². The van der Waals surface area contributed by atoms with E-state index in [0.29, 0.717) is 43.5 Å². The maximum atomic E-state index is 13.4. The Hall–Kier alpha value is -0.510. The van der Waals surface area contributed by atoms with Crippen LogP contribution in [0.15, 0.2) is 18.2 Å². The number of hydrogen-bond acceptors (Lipinski definition) is 7. The molecule has 5 nitrogen and oxygen atoms in total. The van der Waals surface area contributed by atoms with Crippen molar-refractivity contribution in [2.75, 3.05) is 33.6 Å². The van der Waals surface area contributed by atoms with Crippen molar-refractivity contribution in [3.8, 4) is 0 Å². The number of amides is 2. The molecule has 2 spiro atoms. The molecule has 38 heavy (non-hydrogen) atoms. The summed E-state index contributed by atoms with van der Waals surface area (Å²) in [5.74, 6) is 9.11. The molecule has 2 saturated heterocycles. The normalized spacial score (nSPS) is 36.7. The van der Waals surface area contributed by atoms with Gasteiger partial charge in [0.2, 0.25) is 11.8 Å². The van der Waals surface area contributed by atoms with Crippen LogP contribution in [0.25, 0.3) is 0 Å². The van der Waals surface area contributed by atoms with Crippen molar-refractivity contribution >= 4 is 70.5 Å². The van der Waals surface area contributed by atoms with Gasteiger partial charge in [0.15, 0.2) is 0 Å². The molecular formula is C29H39N3O2S4. The number of rotatable bonds is 4. The van der Waals surface area contributed by atoms with Crippen LogP contribution in [-0.2, 0) is 9.59 Å². The van der Waals surface area contributed by atoms with Crippen LogP contribution in [0.2, 0.25) is 0 Å². The quantitative estimate of drug-likeness (QED) is 0.393. The molecule has 4 bridgehead atoms. The number of carbonyl (C=O) groups is 2. The summed E-state index contributed by atoms with van der Waals surface area (Å²) in [5, 5.41) is 6.24. The summed E-state index contributed by atoms with van der Waals surface area (Å²) in [6.07, 6.45) is 11.7. The summed E-state index contributed by atoms with van der Waals surface area (Å²) < 4.78 is 0.758. The Morgan fingerprint density at radius 3 is 1.39 bits per heavy atom. The van der Waals surface area contributed by atoms with Crippen molar-refractivity contribution in [3.63, 3.8) is 0 Å². The molecule has 4 saturated carbocycles. The van der Waals surface area contributed by atoms with Crippen molar-refractivity contribution in [1.82, 2.24) is 4.98 Å². The molecule has 0 aromatic carbocycles. The largest absolute Gasteiger partial charge is 0.310 e. The summed E-state index contributed by atoms with van der Waals surface area (Å²) >= 11 is 8.73. The third-order valence-electron chi connectivity index (χ3n) is 10.2. The molecule has 2 aliphatic heterocycles. The van der Waals surface area contributed by atoms with Crippen LogP contribution in [0.5, 0.6) is 0 Å². The van der Waals surface area contributed by atoms with Gasteiger partial charge in [-0.25, -0.2) is 4.98 Å². The second-order valence-electron chi connectivity index (χ2n) is 12.2. The maximum Gasteiger partial charge on any atom is 0.228 e. The molecule has 2 N–H and O–H groups in total. The van der Waals surface area contributed by atoms with Crippen LogP contribution >= 0.6 is 47.0 Å². The summed E-state index contributed by atoms with van der Waals surface area (Å²) in [5.41, 5.74) is 0. The zero-order chi connectivity index (χ0) is 25.7. The molecule has 1 aromatic rings. The molecule has 2 amide bonds. The number of nitrogens with zero attached hydrogens (tertiary/aromatic N) is 1. The van der Waals surface area contributed by atoms with E-state index in [2.05, 4.69) is 62.7 Å². The third-order valence-corrected chi connectivity index (χ3v) is 18.3. The Bertz CT molecular complexity index is 962. The van der Waals surface area contributed by atoms with Crippen LogP contribution < -0.4 is 10.6 Å². The molecule has 6 fully saturated rings. The van der Waals surface area contributed by atoms with Gasteiger partial charge in [0, 0.05) is 34.8 Å². The minimum absolute atomic E-state index is 0.0677. The van der Waals surface area contributed by atoms with Gasteiger partial charge >= 0.3 is 0 Å². The molecule has 9 heteroatoms. The Labute approximate surface area is 243 Å². The highest BCUT2D eigenvalue weighted by atomic mass is 32.2. The molecule has 3 heterocycles. The number of aromatic nitrogens is 1. The predicted octanol–water partition coefficient (Wildman–Crippen LogP) is 6.96. The van der Waals surface area contributed by atoms with E-state index in [1.165, 1.54) is 61.5 Å². The first-order valence-corrected chi connectivity index (χ1v) is 18.6. The molecule has 1 aromatic heterocycles. The zero-order valence-electron chi connectivity index (χ0n) is 22.0. The molecule has 4 aliphatic carbocycles. The van der Waals surface area contributed by atoms with Crippen LogP contribution in [0.3, 0.4) is 0 Å². The van der Waals surface area contributed by atoms with Crippen molar-refractivity contribution in [2.45, 2.75) is 72.4 Å². The number of nitrogens with one attached hydrogen (secondary N) is 2. The minimum atomic E-state index is 0.0677. The second-order valence-corrected chi connectivity index (χ2v) is 18.2. The molecular weight excluding hydrogens is 551 g/mol. The standard InChI is InChI=1S/C29H39N3O2S4/c33-26(18-14-20-4-1-5-21(15-18)28(20)35-10-11-36-28)31-24-8-3-9-25(30-24)32-27(34)19-16-22-6-2-7-23(17-19)29(22)37-12-13-38-29/h3,8-9,18-23H,1-2,4-7,10-17H2,(H2,30,31,32,33,34)/t18?,19?,20-,21+,22?,23?. The lowest BCUT2D eigenvalue weighted by Crippen LogP contribution is -2.48. The first kappa shape index (κ1) is 26.4. The first-order valence-electron chi connectivity index (χ1n) is 14.7. The van der Waals surface area contributed by atoms with E-state index in [1.807, 2.05) is 18.2 Å². The van der Waals surface area contributed by atoms with E-state index >= 15 is 0 Å². The molecule has 206 valence electrons. The summed E-state index contributed by atoms with van der Waals surface area (Å²) in [4.78, 5) is 31.4. The summed E-state index contributed by atoms with van der Waals surface area (Å²) in [6.45, 7) is 0. The van der Waals surface area contributed by atoms with Crippen molar-refractivity contribution in [1.29, 1.82) is 0 Å². The SMILES string of the molecule is O=C(Nc1cccc(NC(=O)C2C[C@H]3CCC[C@@H](C2)C32SCCS2)n1)C1CC2CCCC(C1)C21SCCS1.